The Balaban J connectivity index is 0.00000576. The molecule has 144 valence electrons. The summed E-state index contributed by atoms with van der Waals surface area (Å²) in [5, 5.41) is 7.55. The predicted molar refractivity (Wildman–Crippen MR) is 117 cm³/mol. The van der Waals surface area contributed by atoms with Gasteiger partial charge < -0.3 is 10.6 Å². The van der Waals surface area contributed by atoms with Crippen molar-refractivity contribution < 1.29 is 8.42 Å². The lowest BCUT2D eigenvalue weighted by atomic mass is 10.1. The number of nitrogens with one attached hydrogen (secondary N) is 3. The Labute approximate surface area is 177 Å². The molecule has 0 aliphatic rings. The summed E-state index contributed by atoms with van der Waals surface area (Å²) in [5.41, 5.74) is 0.916. The van der Waals surface area contributed by atoms with Crippen LogP contribution in [0.25, 0.3) is 0 Å². The first-order chi connectivity index (χ1) is 11.3. The lowest BCUT2D eigenvalue weighted by Gasteiger charge is -2.19. The third kappa shape index (κ3) is 9.28. The minimum Gasteiger partial charge on any atom is -0.356 e. The molecule has 1 unspecified atom stereocenters. The number of hydrogen-bond acceptors (Lipinski definition) is 3. The van der Waals surface area contributed by atoms with E-state index in [9.17, 15) is 8.42 Å². The number of hydrogen-bond donors (Lipinski definition) is 3. The van der Waals surface area contributed by atoms with Crippen molar-refractivity contribution in [2.24, 2.45) is 4.99 Å². The van der Waals surface area contributed by atoms with Gasteiger partial charge in [0.05, 0.1) is 11.8 Å². The molecule has 0 fully saturated rings. The average Bonchev–Trinajstić information content (AvgIpc) is 2.53. The van der Waals surface area contributed by atoms with Crippen molar-refractivity contribution >= 4 is 63.2 Å². The number of benzene rings is 1. The molecule has 0 saturated heterocycles. The monoisotopic (exact) mass is 522 g/mol. The van der Waals surface area contributed by atoms with E-state index in [-0.39, 0.29) is 35.8 Å². The lowest BCUT2D eigenvalue weighted by molar-refractivity contribution is 0.579. The van der Waals surface area contributed by atoms with Crippen molar-refractivity contribution in [1.82, 2.24) is 15.4 Å². The molecule has 0 aliphatic heterocycles. The Morgan fingerprint density at radius 3 is 2.52 bits per heavy atom. The van der Waals surface area contributed by atoms with Crippen LogP contribution in [0.2, 0.25) is 10.0 Å². The van der Waals surface area contributed by atoms with Crippen LogP contribution >= 0.6 is 47.2 Å². The predicted octanol–water partition coefficient (Wildman–Crippen LogP) is 3.17. The molecule has 6 nitrogen and oxygen atoms in total. The highest BCUT2D eigenvalue weighted by Crippen LogP contribution is 2.25. The molecular weight excluding hydrogens is 498 g/mol. The van der Waals surface area contributed by atoms with Gasteiger partial charge in [-0.15, -0.1) is 24.0 Å². The second-order valence-corrected chi connectivity index (χ2v) is 8.12. The van der Waals surface area contributed by atoms with Crippen LogP contribution in [-0.2, 0) is 10.0 Å². The third-order valence-corrected chi connectivity index (χ3v) is 5.32. The van der Waals surface area contributed by atoms with Gasteiger partial charge in [0.2, 0.25) is 10.0 Å². The summed E-state index contributed by atoms with van der Waals surface area (Å²) in [4.78, 5) is 4.15. The molecule has 10 heteroatoms. The summed E-state index contributed by atoms with van der Waals surface area (Å²) >= 11 is 12.1. The normalized spacial score (nSPS) is 13.1. The fraction of sp³-hybridized carbons (Fsp3) is 0.533. The summed E-state index contributed by atoms with van der Waals surface area (Å²) in [6, 6.07) is 5.30. The maximum Gasteiger partial charge on any atom is 0.211 e. The average molecular weight is 523 g/mol. The topological polar surface area (TPSA) is 82.6 Å². The third-order valence-electron chi connectivity index (χ3n) is 3.35. The molecule has 0 heterocycles. The Bertz CT molecular complexity index is 671. The van der Waals surface area contributed by atoms with Crippen LogP contribution in [0.5, 0.6) is 0 Å². The molecule has 0 amide bonds. The first kappa shape index (κ1) is 24.7. The number of nitrogens with zero attached hydrogens (tertiary/aromatic N) is 1. The van der Waals surface area contributed by atoms with Gasteiger partial charge in [0, 0.05) is 30.2 Å². The molecule has 1 rings (SSSR count). The molecule has 0 aliphatic carbocycles. The first-order valence-electron chi connectivity index (χ1n) is 7.68. The SMILES string of the molecule is CCS(=O)(=O)NCCCNC(=NC)NC(C)c1ccc(Cl)cc1Cl.I. The van der Waals surface area contributed by atoms with Crippen LogP contribution in [0.3, 0.4) is 0 Å². The highest BCUT2D eigenvalue weighted by Gasteiger charge is 2.11. The van der Waals surface area contributed by atoms with Gasteiger partial charge in [-0.3, -0.25) is 4.99 Å². The van der Waals surface area contributed by atoms with Gasteiger partial charge in [0.15, 0.2) is 5.96 Å². The zero-order valence-electron chi connectivity index (χ0n) is 14.5. The maximum absolute atomic E-state index is 11.3. The summed E-state index contributed by atoms with van der Waals surface area (Å²) in [6.07, 6.45) is 0.649. The molecule has 0 spiro atoms. The summed E-state index contributed by atoms with van der Waals surface area (Å²) in [7, 11) is -1.47. The van der Waals surface area contributed by atoms with E-state index in [0.717, 1.165) is 5.56 Å². The molecule has 3 N–H and O–H groups in total. The van der Waals surface area contributed by atoms with E-state index >= 15 is 0 Å². The number of rotatable bonds is 8. The van der Waals surface area contributed by atoms with E-state index in [2.05, 4.69) is 20.3 Å². The van der Waals surface area contributed by atoms with Crippen LogP contribution in [0.4, 0.5) is 0 Å². The fourth-order valence-corrected chi connectivity index (χ4v) is 3.19. The van der Waals surface area contributed by atoms with Gasteiger partial charge in [-0.1, -0.05) is 29.3 Å². The first-order valence-corrected chi connectivity index (χ1v) is 10.1. The van der Waals surface area contributed by atoms with E-state index in [1.54, 1.807) is 26.1 Å². The van der Waals surface area contributed by atoms with Crippen molar-refractivity contribution in [2.45, 2.75) is 26.3 Å². The smallest absolute Gasteiger partial charge is 0.211 e. The Kier molecular flexibility index (Phi) is 12.0. The molecule has 0 aromatic heterocycles. The van der Waals surface area contributed by atoms with Crippen molar-refractivity contribution in [3.63, 3.8) is 0 Å². The highest BCUT2D eigenvalue weighted by molar-refractivity contribution is 14.0. The zero-order chi connectivity index (χ0) is 18.2. The summed E-state index contributed by atoms with van der Waals surface area (Å²) in [5.74, 6) is 0.704. The van der Waals surface area contributed by atoms with Crippen molar-refractivity contribution in [3.8, 4) is 0 Å². The van der Waals surface area contributed by atoms with E-state index in [1.807, 2.05) is 13.0 Å². The number of guanidine groups is 1. The minimum absolute atomic E-state index is 0. The Morgan fingerprint density at radius 1 is 1.28 bits per heavy atom. The molecule has 0 saturated carbocycles. The lowest BCUT2D eigenvalue weighted by Crippen LogP contribution is -2.40. The highest BCUT2D eigenvalue weighted by atomic mass is 127. The quantitative estimate of drug-likeness (QED) is 0.212. The molecular formula is C15H25Cl2IN4O2S. The largest absolute Gasteiger partial charge is 0.356 e. The van der Waals surface area contributed by atoms with Crippen LogP contribution in [0.15, 0.2) is 23.2 Å². The zero-order valence-corrected chi connectivity index (χ0v) is 19.1. The Morgan fingerprint density at radius 2 is 1.96 bits per heavy atom. The fourth-order valence-electron chi connectivity index (χ4n) is 1.96. The number of sulfonamides is 1. The van der Waals surface area contributed by atoms with Crippen LogP contribution in [0.1, 0.15) is 31.9 Å². The number of halogens is 3. The molecule has 1 atom stereocenters. The molecule has 0 radical (unpaired) electrons. The van der Waals surface area contributed by atoms with Crippen LogP contribution < -0.4 is 15.4 Å². The summed E-state index contributed by atoms with van der Waals surface area (Å²) < 4.78 is 25.2. The summed E-state index contributed by atoms with van der Waals surface area (Å²) in [6.45, 7) is 4.55. The van der Waals surface area contributed by atoms with Gasteiger partial charge in [-0.25, -0.2) is 13.1 Å². The maximum atomic E-state index is 11.3. The van der Waals surface area contributed by atoms with E-state index in [1.165, 1.54) is 0 Å². The van der Waals surface area contributed by atoms with Gasteiger partial charge in [0.1, 0.15) is 0 Å². The van der Waals surface area contributed by atoms with Crippen molar-refractivity contribution in [2.75, 3.05) is 25.9 Å². The van der Waals surface area contributed by atoms with Gasteiger partial charge >= 0.3 is 0 Å². The van der Waals surface area contributed by atoms with E-state index < -0.39 is 10.0 Å². The van der Waals surface area contributed by atoms with Crippen molar-refractivity contribution in [1.29, 1.82) is 0 Å². The molecule has 25 heavy (non-hydrogen) atoms. The molecule has 1 aromatic carbocycles. The van der Waals surface area contributed by atoms with Crippen LogP contribution in [-0.4, -0.2) is 40.3 Å². The number of aliphatic imine (C=N–C) groups is 1. The Hall–Kier alpha value is -0.290. The van der Waals surface area contributed by atoms with E-state index in [0.29, 0.717) is 35.5 Å². The minimum atomic E-state index is -3.14. The molecule has 0 bridgehead atoms. The van der Waals surface area contributed by atoms with Gasteiger partial charge in [0.25, 0.3) is 0 Å². The van der Waals surface area contributed by atoms with Gasteiger partial charge in [-0.2, -0.15) is 0 Å². The van der Waals surface area contributed by atoms with E-state index in [4.69, 9.17) is 23.2 Å². The second-order valence-electron chi connectivity index (χ2n) is 5.18. The molecule has 1 aromatic rings. The van der Waals surface area contributed by atoms with Gasteiger partial charge in [-0.05, 0) is 38.0 Å². The second kappa shape index (κ2) is 12.2. The van der Waals surface area contributed by atoms with Crippen LogP contribution in [0, 0.1) is 0 Å². The van der Waals surface area contributed by atoms with Crippen molar-refractivity contribution in [3.05, 3.63) is 33.8 Å². The standard InChI is InChI=1S/C15H24Cl2N4O2S.HI/c1-4-24(22,23)20-9-5-8-19-15(18-3)21-11(2)13-7-6-12(16)10-14(13)17;/h6-7,10-11,20H,4-5,8-9H2,1-3H3,(H2,18,19,21);1H.